The van der Waals surface area contributed by atoms with Crippen LogP contribution >= 0.6 is 0 Å². The number of imidazole rings is 1. The first-order chi connectivity index (χ1) is 8.59. The lowest BCUT2D eigenvalue weighted by Crippen LogP contribution is -2.44. The molecule has 1 fully saturated rings. The highest BCUT2D eigenvalue weighted by Crippen LogP contribution is 2.24. The summed E-state index contributed by atoms with van der Waals surface area (Å²) in [4.78, 5) is 18.3. The summed E-state index contributed by atoms with van der Waals surface area (Å²) in [5.74, 6) is 1.05. The van der Waals surface area contributed by atoms with Gasteiger partial charge in [-0.05, 0) is 12.8 Å². The molecule has 100 valence electrons. The summed E-state index contributed by atoms with van der Waals surface area (Å²) in [5, 5.41) is 0. The third-order valence-electron chi connectivity index (χ3n) is 3.81. The van der Waals surface area contributed by atoms with Crippen molar-refractivity contribution in [2.45, 2.75) is 38.3 Å². The molecule has 0 aliphatic heterocycles. The van der Waals surface area contributed by atoms with E-state index in [1.165, 1.54) is 0 Å². The van der Waals surface area contributed by atoms with Crippen molar-refractivity contribution in [2.24, 2.45) is 18.7 Å². The SMILES string of the molecule is CN(Cc1nccn1C)C(=O)C1CCCCC1N. The molecule has 1 aromatic heterocycles. The molecule has 2 N–H and O–H groups in total. The van der Waals surface area contributed by atoms with Crippen LogP contribution in [0.3, 0.4) is 0 Å². The highest BCUT2D eigenvalue weighted by molar-refractivity contribution is 5.79. The van der Waals surface area contributed by atoms with Gasteiger partial charge >= 0.3 is 0 Å². The Balaban J connectivity index is 1.98. The Morgan fingerprint density at radius 1 is 1.56 bits per heavy atom. The summed E-state index contributed by atoms with van der Waals surface area (Å²) in [7, 11) is 3.77. The summed E-state index contributed by atoms with van der Waals surface area (Å²) in [6.45, 7) is 0.547. The van der Waals surface area contributed by atoms with Crippen LogP contribution < -0.4 is 5.73 Å². The van der Waals surface area contributed by atoms with Crippen molar-refractivity contribution in [3.05, 3.63) is 18.2 Å². The average Bonchev–Trinajstić information content (AvgIpc) is 2.75. The average molecular weight is 250 g/mol. The van der Waals surface area contributed by atoms with Gasteiger partial charge < -0.3 is 15.2 Å². The Hall–Kier alpha value is -1.36. The second-order valence-electron chi connectivity index (χ2n) is 5.20. The molecule has 0 bridgehead atoms. The highest BCUT2D eigenvalue weighted by Gasteiger charge is 2.30. The number of hydrogen-bond acceptors (Lipinski definition) is 3. The van der Waals surface area contributed by atoms with Crippen LogP contribution in [0.25, 0.3) is 0 Å². The smallest absolute Gasteiger partial charge is 0.227 e. The lowest BCUT2D eigenvalue weighted by atomic mass is 9.84. The van der Waals surface area contributed by atoms with Gasteiger partial charge in [-0.25, -0.2) is 4.98 Å². The third kappa shape index (κ3) is 2.72. The Morgan fingerprint density at radius 2 is 2.28 bits per heavy atom. The summed E-state index contributed by atoms with van der Waals surface area (Å²) in [5.41, 5.74) is 6.05. The van der Waals surface area contributed by atoms with E-state index in [1.54, 1.807) is 11.1 Å². The zero-order valence-electron chi connectivity index (χ0n) is 11.2. The normalized spacial score (nSPS) is 23.9. The molecule has 2 rings (SSSR count). The standard InChI is InChI=1S/C13H22N4O/c1-16-8-7-15-12(16)9-17(2)13(18)10-5-3-4-6-11(10)14/h7-8,10-11H,3-6,9,14H2,1-2H3. The molecule has 5 heteroatoms. The van der Waals surface area contributed by atoms with Gasteiger partial charge in [-0.15, -0.1) is 0 Å². The Kier molecular flexibility index (Phi) is 4.01. The lowest BCUT2D eigenvalue weighted by molar-refractivity contribution is -0.136. The molecule has 1 saturated carbocycles. The van der Waals surface area contributed by atoms with Gasteiger partial charge in [-0.1, -0.05) is 12.8 Å². The number of carbonyl (C=O) groups is 1. The fourth-order valence-electron chi connectivity index (χ4n) is 2.59. The first-order valence-electron chi connectivity index (χ1n) is 6.56. The van der Waals surface area contributed by atoms with E-state index in [0.29, 0.717) is 6.54 Å². The Morgan fingerprint density at radius 3 is 2.89 bits per heavy atom. The minimum atomic E-state index is -0.0102. The van der Waals surface area contributed by atoms with Crippen molar-refractivity contribution in [2.75, 3.05) is 7.05 Å². The van der Waals surface area contributed by atoms with E-state index in [9.17, 15) is 4.79 Å². The van der Waals surface area contributed by atoms with Crippen LogP contribution in [0, 0.1) is 5.92 Å². The fourth-order valence-corrected chi connectivity index (χ4v) is 2.59. The highest BCUT2D eigenvalue weighted by atomic mass is 16.2. The molecule has 0 aromatic carbocycles. The molecule has 0 radical (unpaired) electrons. The van der Waals surface area contributed by atoms with Crippen LogP contribution in [-0.4, -0.2) is 33.4 Å². The fraction of sp³-hybridized carbons (Fsp3) is 0.692. The quantitative estimate of drug-likeness (QED) is 0.866. The summed E-state index contributed by atoms with van der Waals surface area (Å²) >= 11 is 0. The zero-order chi connectivity index (χ0) is 13.1. The topological polar surface area (TPSA) is 64.2 Å². The second kappa shape index (κ2) is 5.52. The number of aryl methyl sites for hydroxylation is 1. The molecule has 0 saturated heterocycles. The maximum Gasteiger partial charge on any atom is 0.227 e. The molecule has 18 heavy (non-hydrogen) atoms. The molecule has 1 aliphatic carbocycles. The van der Waals surface area contributed by atoms with Crippen LogP contribution in [0.15, 0.2) is 12.4 Å². The maximum atomic E-state index is 12.4. The van der Waals surface area contributed by atoms with Crippen molar-refractivity contribution < 1.29 is 4.79 Å². The number of aromatic nitrogens is 2. The van der Waals surface area contributed by atoms with E-state index in [4.69, 9.17) is 5.73 Å². The predicted molar refractivity (Wildman–Crippen MR) is 69.6 cm³/mol. The first kappa shape index (κ1) is 13.1. The van der Waals surface area contributed by atoms with Gasteiger partial charge in [-0.2, -0.15) is 0 Å². The Bertz CT molecular complexity index is 415. The van der Waals surface area contributed by atoms with E-state index in [1.807, 2.05) is 24.9 Å². The zero-order valence-corrected chi connectivity index (χ0v) is 11.2. The molecule has 0 spiro atoms. The van der Waals surface area contributed by atoms with Gasteiger partial charge in [0.1, 0.15) is 5.82 Å². The molecular formula is C13H22N4O. The third-order valence-corrected chi connectivity index (χ3v) is 3.81. The number of rotatable bonds is 3. The van der Waals surface area contributed by atoms with E-state index in [-0.39, 0.29) is 17.9 Å². The molecule has 1 heterocycles. The van der Waals surface area contributed by atoms with Crippen molar-refractivity contribution in [3.8, 4) is 0 Å². The number of nitrogens with zero attached hydrogens (tertiary/aromatic N) is 3. The van der Waals surface area contributed by atoms with E-state index < -0.39 is 0 Å². The van der Waals surface area contributed by atoms with E-state index >= 15 is 0 Å². The van der Waals surface area contributed by atoms with Crippen molar-refractivity contribution in [1.82, 2.24) is 14.5 Å². The van der Waals surface area contributed by atoms with Gasteiger partial charge in [0.25, 0.3) is 0 Å². The number of hydrogen-bond donors (Lipinski definition) is 1. The number of carbonyl (C=O) groups excluding carboxylic acids is 1. The van der Waals surface area contributed by atoms with Crippen molar-refractivity contribution >= 4 is 5.91 Å². The molecule has 2 atom stereocenters. The second-order valence-corrected chi connectivity index (χ2v) is 5.20. The monoisotopic (exact) mass is 250 g/mol. The largest absolute Gasteiger partial charge is 0.338 e. The Labute approximate surface area is 108 Å². The van der Waals surface area contributed by atoms with Crippen LogP contribution in [0.1, 0.15) is 31.5 Å². The lowest BCUT2D eigenvalue weighted by Gasteiger charge is -2.30. The first-order valence-corrected chi connectivity index (χ1v) is 6.56. The van der Waals surface area contributed by atoms with Gasteiger partial charge in [0.2, 0.25) is 5.91 Å². The molecular weight excluding hydrogens is 228 g/mol. The van der Waals surface area contributed by atoms with Crippen LogP contribution in [0.5, 0.6) is 0 Å². The van der Waals surface area contributed by atoms with Crippen LogP contribution in [0.4, 0.5) is 0 Å². The van der Waals surface area contributed by atoms with Gasteiger partial charge in [-0.3, -0.25) is 4.79 Å². The van der Waals surface area contributed by atoms with Gasteiger partial charge in [0.05, 0.1) is 12.5 Å². The molecule has 5 nitrogen and oxygen atoms in total. The van der Waals surface area contributed by atoms with Gasteiger partial charge in [0, 0.05) is 32.5 Å². The summed E-state index contributed by atoms with van der Waals surface area (Å²) in [6, 6.07) is 0.0232. The minimum Gasteiger partial charge on any atom is -0.338 e. The minimum absolute atomic E-state index is 0.0102. The molecule has 1 aliphatic rings. The number of amides is 1. The van der Waals surface area contributed by atoms with E-state index in [0.717, 1.165) is 31.5 Å². The number of nitrogens with two attached hydrogens (primary N) is 1. The maximum absolute atomic E-state index is 12.4. The predicted octanol–water partition coefficient (Wildman–Crippen LogP) is 0.896. The molecule has 2 unspecified atom stereocenters. The van der Waals surface area contributed by atoms with E-state index in [2.05, 4.69) is 4.98 Å². The van der Waals surface area contributed by atoms with Crippen LogP contribution in [-0.2, 0) is 18.4 Å². The van der Waals surface area contributed by atoms with Crippen molar-refractivity contribution in [1.29, 1.82) is 0 Å². The summed E-state index contributed by atoms with van der Waals surface area (Å²) in [6.07, 6.45) is 7.78. The van der Waals surface area contributed by atoms with Gasteiger partial charge in [0.15, 0.2) is 0 Å². The summed E-state index contributed by atoms with van der Waals surface area (Å²) < 4.78 is 1.94. The molecule has 1 aromatic rings. The van der Waals surface area contributed by atoms with Crippen molar-refractivity contribution in [3.63, 3.8) is 0 Å². The molecule has 1 amide bonds. The van der Waals surface area contributed by atoms with Crippen LogP contribution in [0.2, 0.25) is 0 Å².